The van der Waals surface area contributed by atoms with E-state index >= 15 is 0 Å². The van der Waals surface area contributed by atoms with Crippen molar-refractivity contribution < 1.29 is 9.90 Å². The third kappa shape index (κ3) is 1.95. The maximum Gasteiger partial charge on any atom is 0.325 e. The number of nitrogens with one attached hydrogen (secondary N) is 1. The molecule has 3 fully saturated rings. The Morgan fingerprint density at radius 3 is 2.56 bits per heavy atom. The van der Waals surface area contributed by atoms with Gasteiger partial charge < -0.3 is 5.11 Å². The quantitative estimate of drug-likeness (QED) is 0.801. The number of piperidine rings is 1. The van der Waals surface area contributed by atoms with E-state index in [1.807, 2.05) is 0 Å². The number of carboxylic acids is 1. The molecule has 4 nitrogen and oxygen atoms in total. The Labute approximate surface area is 109 Å². The van der Waals surface area contributed by atoms with E-state index in [4.69, 9.17) is 0 Å². The summed E-state index contributed by atoms with van der Waals surface area (Å²) in [4.78, 5) is 14.3. The Morgan fingerprint density at radius 1 is 1.11 bits per heavy atom. The lowest BCUT2D eigenvalue weighted by molar-refractivity contribution is -0.147. The second-order valence-electron chi connectivity index (χ2n) is 6.20. The molecule has 3 aliphatic rings. The van der Waals surface area contributed by atoms with Gasteiger partial charge in [-0.05, 0) is 38.6 Å². The molecule has 18 heavy (non-hydrogen) atoms. The van der Waals surface area contributed by atoms with Gasteiger partial charge in [-0.1, -0.05) is 19.3 Å². The minimum atomic E-state index is -0.657. The molecule has 2 heterocycles. The average Bonchev–Trinajstić information content (AvgIpc) is 2.99. The van der Waals surface area contributed by atoms with Crippen LogP contribution in [-0.2, 0) is 4.79 Å². The number of aliphatic carboxylic acids is 1. The molecule has 0 aromatic carbocycles. The number of hydrogen-bond donors (Lipinski definition) is 2. The van der Waals surface area contributed by atoms with Crippen LogP contribution in [0.2, 0.25) is 0 Å². The summed E-state index contributed by atoms with van der Waals surface area (Å²) in [7, 11) is 0. The molecule has 3 rings (SSSR count). The molecule has 0 spiro atoms. The highest BCUT2D eigenvalue weighted by Crippen LogP contribution is 2.37. The van der Waals surface area contributed by atoms with Gasteiger partial charge in [0.15, 0.2) is 0 Å². The maximum atomic E-state index is 11.9. The first-order chi connectivity index (χ1) is 8.72. The molecule has 0 bridgehead atoms. The smallest absolute Gasteiger partial charge is 0.325 e. The minimum absolute atomic E-state index is 0.226. The Bertz CT molecular complexity index is 328. The molecule has 0 aromatic heterocycles. The van der Waals surface area contributed by atoms with Crippen molar-refractivity contribution in [1.82, 2.24) is 10.2 Å². The Kier molecular flexibility index (Phi) is 3.32. The number of carboxylic acid groups (broad SMARTS) is 1. The van der Waals surface area contributed by atoms with Crippen LogP contribution < -0.4 is 5.32 Å². The van der Waals surface area contributed by atoms with Gasteiger partial charge in [-0.15, -0.1) is 0 Å². The molecule has 2 saturated heterocycles. The van der Waals surface area contributed by atoms with Crippen LogP contribution in [-0.4, -0.2) is 46.7 Å². The van der Waals surface area contributed by atoms with E-state index in [0.29, 0.717) is 6.04 Å². The zero-order valence-electron chi connectivity index (χ0n) is 11.0. The highest BCUT2D eigenvalue weighted by molar-refractivity contribution is 5.80. The van der Waals surface area contributed by atoms with E-state index < -0.39 is 11.5 Å². The van der Waals surface area contributed by atoms with Crippen LogP contribution in [0.25, 0.3) is 0 Å². The van der Waals surface area contributed by atoms with Crippen LogP contribution in [0.3, 0.4) is 0 Å². The molecule has 0 radical (unpaired) electrons. The van der Waals surface area contributed by atoms with Crippen LogP contribution in [0, 0.1) is 0 Å². The Hall–Kier alpha value is -0.610. The molecule has 0 aromatic rings. The predicted molar refractivity (Wildman–Crippen MR) is 69.6 cm³/mol. The standard InChI is InChI=1S/C14H24N2O2/c17-13(18)14(15-11-5-1-2-6-11)8-10-16-9-4-3-7-12(14)16/h11-12,15H,1-10H2,(H,17,18). The van der Waals surface area contributed by atoms with Gasteiger partial charge >= 0.3 is 5.97 Å². The molecule has 1 aliphatic carbocycles. The van der Waals surface area contributed by atoms with Crippen LogP contribution >= 0.6 is 0 Å². The Morgan fingerprint density at radius 2 is 1.83 bits per heavy atom. The van der Waals surface area contributed by atoms with Crippen molar-refractivity contribution in [2.75, 3.05) is 13.1 Å². The van der Waals surface area contributed by atoms with Crippen molar-refractivity contribution in [2.45, 2.75) is 69.0 Å². The van der Waals surface area contributed by atoms with Crippen molar-refractivity contribution in [3.8, 4) is 0 Å². The summed E-state index contributed by atoms with van der Waals surface area (Å²) in [5.74, 6) is -0.621. The van der Waals surface area contributed by atoms with Crippen LogP contribution in [0.5, 0.6) is 0 Å². The van der Waals surface area contributed by atoms with Crippen molar-refractivity contribution in [2.24, 2.45) is 0 Å². The fraction of sp³-hybridized carbons (Fsp3) is 0.929. The number of fused-ring (bicyclic) bond motifs is 1. The lowest BCUT2D eigenvalue weighted by Gasteiger charge is -2.40. The van der Waals surface area contributed by atoms with Crippen molar-refractivity contribution in [1.29, 1.82) is 0 Å². The lowest BCUT2D eigenvalue weighted by Crippen LogP contribution is -2.63. The normalized spacial score (nSPS) is 37.9. The van der Waals surface area contributed by atoms with E-state index in [9.17, 15) is 9.90 Å². The van der Waals surface area contributed by atoms with Gasteiger partial charge in [-0.25, -0.2) is 0 Å². The summed E-state index contributed by atoms with van der Waals surface area (Å²) in [6, 6.07) is 0.660. The third-order valence-electron chi connectivity index (χ3n) is 5.17. The van der Waals surface area contributed by atoms with Gasteiger partial charge in [0.05, 0.1) is 0 Å². The zero-order chi connectivity index (χ0) is 12.6. The first-order valence-corrected chi connectivity index (χ1v) is 7.47. The number of rotatable bonds is 3. The molecular formula is C14H24N2O2. The molecule has 1 saturated carbocycles. The van der Waals surface area contributed by atoms with Gasteiger partial charge in [0.1, 0.15) is 5.54 Å². The van der Waals surface area contributed by atoms with Gasteiger partial charge in [-0.3, -0.25) is 15.0 Å². The molecule has 2 unspecified atom stereocenters. The maximum absolute atomic E-state index is 11.9. The molecule has 0 amide bonds. The van der Waals surface area contributed by atoms with Gasteiger partial charge in [-0.2, -0.15) is 0 Å². The number of carbonyl (C=O) groups is 1. The zero-order valence-corrected chi connectivity index (χ0v) is 11.0. The first kappa shape index (κ1) is 12.4. The lowest BCUT2D eigenvalue weighted by atomic mass is 9.84. The third-order valence-corrected chi connectivity index (χ3v) is 5.17. The predicted octanol–water partition coefficient (Wildman–Crippen LogP) is 1.60. The molecule has 4 heteroatoms. The molecule has 2 atom stereocenters. The molecule has 2 N–H and O–H groups in total. The van der Waals surface area contributed by atoms with Gasteiger partial charge in [0, 0.05) is 18.6 Å². The van der Waals surface area contributed by atoms with Gasteiger partial charge in [0.25, 0.3) is 0 Å². The molecular weight excluding hydrogens is 228 g/mol. The summed E-state index contributed by atoms with van der Waals surface area (Å²) in [6.45, 7) is 2.04. The van der Waals surface area contributed by atoms with Crippen molar-refractivity contribution >= 4 is 5.97 Å². The highest BCUT2D eigenvalue weighted by atomic mass is 16.4. The summed E-state index contributed by atoms with van der Waals surface area (Å²) in [5, 5.41) is 13.3. The fourth-order valence-electron chi connectivity index (χ4n) is 4.22. The number of nitrogens with zero attached hydrogens (tertiary/aromatic N) is 1. The molecule has 102 valence electrons. The summed E-state index contributed by atoms with van der Waals surface area (Å²) in [6.07, 6.45) is 9.06. The minimum Gasteiger partial charge on any atom is -0.480 e. The van der Waals surface area contributed by atoms with E-state index in [1.54, 1.807) is 0 Å². The Balaban J connectivity index is 1.79. The average molecular weight is 252 g/mol. The monoisotopic (exact) mass is 252 g/mol. The highest BCUT2D eigenvalue weighted by Gasteiger charge is 2.54. The van der Waals surface area contributed by atoms with Crippen LogP contribution in [0.1, 0.15) is 51.4 Å². The number of hydrogen-bond acceptors (Lipinski definition) is 3. The van der Waals surface area contributed by atoms with E-state index in [0.717, 1.165) is 38.8 Å². The van der Waals surface area contributed by atoms with Crippen molar-refractivity contribution in [3.63, 3.8) is 0 Å². The van der Waals surface area contributed by atoms with Gasteiger partial charge in [0.2, 0.25) is 0 Å². The molecule has 2 aliphatic heterocycles. The second-order valence-corrected chi connectivity index (χ2v) is 6.20. The largest absolute Gasteiger partial charge is 0.480 e. The fourth-order valence-corrected chi connectivity index (χ4v) is 4.22. The summed E-state index contributed by atoms with van der Waals surface area (Å²) < 4.78 is 0. The van der Waals surface area contributed by atoms with E-state index in [2.05, 4.69) is 10.2 Å². The van der Waals surface area contributed by atoms with Crippen LogP contribution in [0.15, 0.2) is 0 Å². The second kappa shape index (κ2) is 4.82. The SMILES string of the molecule is O=C(O)C1(NC2CCCC2)CCN2CCCCC21. The first-order valence-electron chi connectivity index (χ1n) is 7.47. The van der Waals surface area contributed by atoms with Crippen molar-refractivity contribution in [3.05, 3.63) is 0 Å². The summed E-state index contributed by atoms with van der Waals surface area (Å²) in [5.41, 5.74) is -0.657. The van der Waals surface area contributed by atoms with Crippen LogP contribution in [0.4, 0.5) is 0 Å². The van der Waals surface area contributed by atoms with E-state index in [1.165, 1.54) is 25.7 Å². The van der Waals surface area contributed by atoms with E-state index in [-0.39, 0.29) is 6.04 Å². The topological polar surface area (TPSA) is 52.6 Å². The summed E-state index contributed by atoms with van der Waals surface area (Å²) >= 11 is 0.